The number of aliphatic hydroxyl groups excluding tert-OH is 2. The molecule has 0 saturated carbocycles. The Morgan fingerprint density at radius 2 is 1.52 bits per heavy atom. The first-order chi connectivity index (χ1) is 20.7. The summed E-state index contributed by atoms with van der Waals surface area (Å²) in [5.74, 6) is -4.92. The highest BCUT2D eigenvalue weighted by Gasteiger charge is 2.31. The predicted molar refractivity (Wildman–Crippen MR) is 160 cm³/mol. The van der Waals surface area contributed by atoms with Crippen LogP contribution in [-0.2, 0) is 30.4 Å². The fourth-order valence-electron chi connectivity index (χ4n) is 4.12. The van der Waals surface area contributed by atoms with E-state index in [4.69, 9.17) is 17.2 Å². The first-order valence-corrected chi connectivity index (χ1v) is 13.8. The SMILES string of the molecule is C[C@H](NC(=O)[C@H](CO)NC(=O)[C@H](CCCN=C(N)N)NC(=O)[C@H](N)[C@@H](C)O)C(=O)N[C@@H](Cc1c[nH]c2ccccc12)C(=O)O. The minimum absolute atomic E-state index is 0.00641. The zero-order valence-electron chi connectivity index (χ0n) is 24.4. The number of aromatic nitrogens is 1. The van der Waals surface area contributed by atoms with Crippen LogP contribution in [0, 0.1) is 0 Å². The lowest BCUT2D eigenvalue weighted by molar-refractivity contribution is -0.142. The molecule has 0 saturated heterocycles. The van der Waals surface area contributed by atoms with Gasteiger partial charge in [0.1, 0.15) is 30.2 Å². The largest absolute Gasteiger partial charge is 0.480 e. The van der Waals surface area contributed by atoms with Crippen molar-refractivity contribution in [2.24, 2.45) is 22.2 Å². The first-order valence-electron chi connectivity index (χ1n) is 13.8. The first kappa shape index (κ1) is 35.5. The second kappa shape index (κ2) is 16.8. The molecule has 17 heteroatoms. The number of hydrogen-bond donors (Lipinski definition) is 11. The topological polar surface area (TPSA) is 300 Å². The summed E-state index contributed by atoms with van der Waals surface area (Å²) in [5.41, 5.74) is 17.7. The van der Waals surface area contributed by atoms with Gasteiger partial charge >= 0.3 is 5.97 Å². The van der Waals surface area contributed by atoms with E-state index in [-0.39, 0.29) is 31.8 Å². The van der Waals surface area contributed by atoms with Gasteiger partial charge in [-0.15, -0.1) is 0 Å². The number of hydrogen-bond acceptors (Lipinski definition) is 9. The van der Waals surface area contributed by atoms with Crippen LogP contribution in [0.15, 0.2) is 35.5 Å². The second-order valence-electron chi connectivity index (χ2n) is 10.2. The number of fused-ring (bicyclic) bond motifs is 1. The molecule has 1 aromatic heterocycles. The summed E-state index contributed by atoms with van der Waals surface area (Å²) in [6.07, 6.45) is 0.646. The van der Waals surface area contributed by atoms with Gasteiger partial charge in [-0.3, -0.25) is 24.2 Å². The smallest absolute Gasteiger partial charge is 0.326 e. The summed E-state index contributed by atoms with van der Waals surface area (Å²) in [5, 5.41) is 39.3. The molecule has 0 bridgehead atoms. The van der Waals surface area contributed by atoms with Crippen molar-refractivity contribution in [3.05, 3.63) is 36.0 Å². The number of carbonyl (C=O) groups is 5. The Labute approximate surface area is 253 Å². The zero-order chi connectivity index (χ0) is 33.0. The predicted octanol–water partition coefficient (Wildman–Crippen LogP) is -3.49. The number of carboxylic acids is 1. The lowest BCUT2D eigenvalue weighted by atomic mass is 10.0. The van der Waals surface area contributed by atoms with Crippen molar-refractivity contribution in [3.63, 3.8) is 0 Å². The van der Waals surface area contributed by atoms with Gasteiger partial charge in [-0.2, -0.15) is 0 Å². The molecule has 6 atom stereocenters. The molecule has 14 N–H and O–H groups in total. The number of rotatable bonds is 17. The molecule has 0 fully saturated rings. The average molecular weight is 620 g/mol. The summed E-state index contributed by atoms with van der Waals surface area (Å²) >= 11 is 0. The number of aromatic amines is 1. The summed E-state index contributed by atoms with van der Waals surface area (Å²) < 4.78 is 0. The van der Waals surface area contributed by atoms with Gasteiger partial charge in [0.25, 0.3) is 0 Å². The van der Waals surface area contributed by atoms with Gasteiger partial charge in [0, 0.05) is 30.1 Å². The zero-order valence-corrected chi connectivity index (χ0v) is 24.4. The van der Waals surface area contributed by atoms with E-state index in [1.54, 1.807) is 12.3 Å². The van der Waals surface area contributed by atoms with Crippen molar-refractivity contribution < 1.29 is 39.3 Å². The van der Waals surface area contributed by atoms with Crippen LogP contribution in [0.4, 0.5) is 0 Å². The van der Waals surface area contributed by atoms with E-state index >= 15 is 0 Å². The number of para-hydroxylation sites is 1. The Balaban J connectivity index is 2.04. The normalized spacial score (nSPS) is 15.1. The molecule has 0 aliphatic rings. The van der Waals surface area contributed by atoms with Crippen molar-refractivity contribution in [2.45, 2.75) is 69.4 Å². The van der Waals surface area contributed by atoms with Gasteiger partial charge in [0.15, 0.2) is 5.96 Å². The summed E-state index contributed by atoms with van der Waals surface area (Å²) in [4.78, 5) is 69.8. The van der Waals surface area contributed by atoms with Crippen LogP contribution in [0.5, 0.6) is 0 Å². The number of guanidine groups is 1. The van der Waals surface area contributed by atoms with Crippen LogP contribution in [-0.4, -0.2) is 105 Å². The number of aliphatic imine (C=N–C) groups is 1. The number of H-pyrrole nitrogens is 1. The van der Waals surface area contributed by atoms with Crippen LogP contribution < -0.4 is 38.5 Å². The Bertz CT molecular complexity index is 1340. The third kappa shape index (κ3) is 10.5. The van der Waals surface area contributed by atoms with Crippen LogP contribution >= 0.6 is 0 Å². The molecule has 17 nitrogen and oxygen atoms in total. The number of nitrogens with one attached hydrogen (secondary N) is 5. The molecule has 1 heterocycles. The van der Waals surface area contributed by atoms with E-state index in [1.807, 2.05) is 18.2 Å². The van der Waals surface area contributed by atoms with E-state index in [9.17, 15) is 39.3 Å². The fraction of sp³-hybridized carbons (Fsp3) is 0.481. The van der Waals surface area contributed by atoms with Gasteiger partial charge in [0.2, 0.25) is 23.6 Å². The van der Waals surface area contributed by atoms with E-state index in [0.717, 1.165) is 10.9 Å². The van der Waals surface area contributed by atoms with Crippen LogP contribution in [0.3, 0.4) is 0 Å². The van der Waals surface area contributed by atoms with E-state index in [0.29, 0.717) is 5.56 Å². The standard InChI is InChI=1S/C27H41N9O8/c1-13(22(39)35-19(26(43)44)10-15-11-32-17-7-4-3-6-16(15)17)33-24(41)20(12-37)36-23(40)18(8-5-9-31-27(29)30)34-25(42)21(28)14(2)38/h3-4,6-7,11,13-14,18-21,32,37-38H,5,8-10,12,28H2,1-2H3,(H,33,41)(H,34,42)(H,35,39)(H,36,40)(H,43,44)(H4,29,30,31)/t13-,14+,18-,19-,20-,21+/m0/s1. The van der Waals surface area contributed by atoms with Gasteiger partial charge in [-0.05, 0) is 38.3 Å². The van der Waals surface area contributed by atoms with E-state index in [1.165, 1.54) is 13.8 Å². The lowest BCUT2D eigenvalue weighted by Crippen LogP contribution is -2.59. The quantitative estimate of drug-likeness (QED) is 0.0469. The minimum atomic E-state index is -1.54. The Morgan fingerprint density at radius 3 is 2.14 bits per heavy atom. The lowest BCUT2D eigenvalue weighted by Gasteiger charge is -2.25. The molecule has 0 spiro atoms. The highest BCUT2D eigenvalue weighted by molar-refractivity contribution is 5.95. The van der Waals surface area contributed by atoms with Gasteiger partial charge in [0.05, 0.1) is 12.7 Å². The molecule has 0 aliphatic carbocycles. The number of nitrogens with two attached hydrogens (primary N) is 3. The van der Waals surface area contributed by atoms with Crippen molar-refractivity contribution in [1.29, 1.82) is 0 Å². The molecule has 44 heavy (non-hydrogen) atoms. The Hall–Kier alpha value is -4.74. The molecular formula is C27H41N9O8. The summed E-state index contributed by atoms with van der Waals surface area (Å²) in [7, 11) is 0. The number of aliphatic hydroxyl groups is 2. The molecular weight excluding hydrogens is 578 g/mol. The maximum Gasteiger partial charge on any atom is 0.326 e. The third-order valence-electron chi connectivity index (χ3n) is 6.68. The minimum Gasteiger partial charge on any atom is -0.480 e. The number of carbonyl (C=O) groups excluding carboxylic acids is 4. The van der Waals surface area contributed by atoms with E-state index < -0.39 is 72.5 Å². The fourth-order valence-corrected chi connectivity index (χ4v) is 4.12. The second-order valence-corrected chi connectivity index (χ2v) is 10.2. The van der Waals surface area contributed by atoms with Crippen molar-refractivity contribution in [3.8, 4) is 0 Å². The van der Waals surface area contributed by atoms with E-state index in [2.05, 4.69) is 31.2 Å². The van der Waals surface area contributed by atoms with Crippen molar-refractivity contribution >= 4 is 46.5 Å². The maximum absolute atomic E-state index is 13.0. The molecule has 0 radical (unpaired) electrons. The molecule has 0 aliphatic heterocycles. The van der Waals surface area contributed by atoms with Gasteiger partial charge in [-0.25, -0.2) is 4.79 Å². The summed E-state index contributed by atoms with van der Waals surface area (Å²) in [6.45, 7) is 1.85. The van der Waals surface area contributed by atoms with Gasteiger partial charge in [-0.1, -0.05) is 18.2 Å². The Kier molecular flexibility index (Phi) is 13.5. The van der Waals surface area contributed by atoms with Crippen molar-refractivity contribution in [2.75, 3.05) is 13.2 Å². The molecule has 4 amide bonds. The van der Waals surface area contributed by atoms with Crippen LogP contribution in [0.2, 0.25) is 0 Å². The van der Waals surface area contributed by atoms with Crippen LogP contribution in [0.25, 0.3) is 10.9 Å². The molecule has 1 aromatic carbocycles. The number of benzene rings is 1. The van der Waals surface area contributed by atoms with Crippen LogP contribution in [0.1, 0.15) is 32.3 Å². The number of carboxylic acid groups (broad SMARTS) is 1. The average Bonchev–Trinajstić information content (AvgIpc) is 3.38. The molecule has 242 valence electrons. The number of nitrogens with zero attached hydrogens (tertiary/aromatic N) is 1. The Morgan fingerprint density at radius 1 is 0.909 bits per heavy atom. The monoisotopic (exact) mass is 619 g/mol. The molecule has 2 rings (SSSR count). The number of aliphatic carboxylic acids is 1. The highest BCUT2D eigenvalue weighted by atomic mass is 16.4. The maximum atomic E-state index is 13.0. The third-order valence-corrected chi connectivity index (χ3v) is 6.68. The number of amides is 4. The van der Waals surface area contributed by atoms with Gasteiger partial charge < -0.3 is 58.8 Å². The van der Waals surface area contributed by atoms with Crippen molar-refractivity contribution in [1.82, 2.24) is 26.3 Å². The summed E-state index contributed by atoms with van der Waals surface area (Å²) in [6, 6.07) is 0.573. The molecule has 0 unspecified atom stereocenters. The molecule has 2 aromatic rings. The highest BCUT2D eigenvalue weighted by Crippen LogP contribution is 2.19.